The van der Waals surface area contributed by atoms with Crippen molar-refractivity contribution in [2.75, 3.05) is 43.9 Å². The van der Waals surface area contributed by atoms with Gasteiger partial charge in [-0.15, -0.1) is 0 Å². The average molecular weight is 420 g/mol. The molecule has 1 aliphatic heterocycles. The highest BCUT2D eigenvalue weighted by Gasteiger charge is 2.20. The molecule has 1 fully saturated rings. The van der Waals surface area contributed by atoms with E-state index < -0.39 is 5.60 Å². The zero-order valence-electron chi connectivity index (χ0n) is 18.6. The van der Waals surface area contributed by atoms with Gasteiger partial charge in [0.2, 0.25) is 5.95 Å². The van der Waals surface area contributed by atoms with Crippen molar-refractivity contribution < 1.29 is 9.53 Å². The van der Waals surface area contributed by atoms with Crippen molar-refractivity contribution in [3.8, 4) is 11.1 Å². The van der Waals surface area contributed by atoms with E-state index in [1.54, 1.807) is 6.07 Å². The predicted molar refractivity (Wildman–Crippen MR) is 124 cm³/mol. The first kappa shape index (κ1) is 21.1. The van der Waals surface area contributed by atoms with E-state index in [-0.39, 0.29) is 11.9 Å². The standard InChI is InChI=1S/C24H29N5O2/c1-24(2,3)31-22(30)18-7-5-6-16(14-18)17-8-9-20-19(15-17)21(27-23(25)26-20)29-12-10-28(4)11-13-29/h5-9,14-15H,10-13H2,1-4H3,(H2,25,26,27). The molecule has 1 aliphatic rings. The molecule has 0 bridgehead atoms. The molecular weight excluding hydrogens is 390 g/mol. The number of carbonyl (C=O) groups excluding carboxylic acids is 1. The Morgan fingerprint density at radius 3 is 2.42 bits per heavy atom. The molecule has 2 aromatic carbocycles. The Labute approximate surface area is 182 Å². The Morgan fingerprint density at radius 2 is 1.71 bits per heavy atom. The minimum Gasteiger partial charge on any atom is -0.456 e. The lowest BCUT2D eigenvalue weighted by Crippen LogP contribution is -2.45. The Bertz CT molecular complexity index is 1110. The highest BCUT2D eigenvalue weighted by molar-refractivity contribution is 5.95. The summed E-state index contributed by atoms with van der Waals surface area (Å²) in [6.07, 6.45) is 0. The normalized spacial score (nSPS) is 15.3. The van der Waals surface area contributed by atoms with Crippen LogP contribution < -0.4 is 10.6 Å². The van der Waals surface area contributed by atoms with Gasteiger partial charge < -0.3 is 20.3 Å². The zero-order valence-corrected chi connectivity index (χ0v) is 18.6. The van der Waals surface area contributed by atoms with E-state index in [1.807, 2.05) is 51.1 Å². The number of esters is 1. The first-order valence-electron chi connectivity index (χ1n) is 10.5. The van der Waals surface area contributed by atoms with Crippen LogP contribution in [0.4, 0.5) is 11.8 Å². The first-order valence-corrected chi connectivity index (χ1v) is 10.5. The van der Waals surface area contributed by atoms with Crippen LogP contribution in [0, 0.1) is 0 Å². The number of ether oxygens (including phenoxy) is 1. The lowest BCUT2D eigenvalue weighted by atomic mass is 10.0. The quantitative estimate of drug-likeness (QED) is 0.650. The number of likely N-dealkylation sites (N-methyl/N-ethyl adjacent to an activating group) is 1. The molecule has 1 saturated heterocycles. The summed E-state index contributed by atoms with van der Waals surface area (Å²) in [5, 5.41) is 0.957. The smallest absolute Gasteiger partial charge is 0.338 e. The first-order chi connectivity index (χ1) is 14.7. The number of carbonyl (C=O) groups is 1. The van der Waals surface area contributed by atoms with Crippen LogP contribution >= 0.6 is 0 Å². The van der Waals surface area contributed by atoms with Crippen molar-refractivity contribution in [3.05, 3.63) is 48.0 Å². The predicted octanol–water partition coefficient (Wildman–Crippen LogP) is 3.59. The molecule has 4 rings (SSSR count). The van der Waals surface area contributed by atoms with Crippen molar-refractivity contribution in [2.24, 2.45) is 0 Å². The minimum absolute atomic E-state index is 0.279. The fourth-order valence-corrected chi connectivity index (χ4v) is 3.73. The van der Waals surface area contributed by atoms with Crippen molar-refractivity contribution >= 4 is 28.6 Å². The monoisotopic (exact) mass is 419 g/mol. The Hall–Kier alpha value is -3.19. The number of fused-ring (bicyclic) bond motifs is 1. The van der Waals surface area contributed by atoms with E-state index in [1.165, 1.54) is 0 Å². The SMILES string of the molecule is CN1CCN(c2nc(N)nc3ccc(-c4cccc(C(=O)OC(C)(C)C)c4)cc23)CC1. The van der Waals surface area contributed by atoms with E-state index >= 15 is 0 Å². The van der Waals surface area contributed by atoms with Gasteiger partial charge in [-0.05, 0) is 63.2 Å². The fraction of sp³-hybridized carbons (Fsp3) is 0.375. The lowest BCUT2D eigenvalue weighted by molar-refractivity contribution is 0.00696. The number of nitrogen functional groups attached to an aromatic ring is 1. The second-order valence-electron chi connectivity index (χ2n) is 9.01. The molecule has 0 atom stereocenters. The Kier molecular flexibility index (Phi) is 5.54. The van der Waals surface area contributed by atoms with Gasteiger partial charge in [0.15, 0.2) is 0 Å². The lowest BCUT2D eigenvalue weighted by Gasteiger charge is -2.33. The van der Waals surface area contributed by atoms with Crippen LogP contribution in [0.25, 0.3) is 22.0 Å². The molecule has 7 heteroatoms. The van der Waals surface area contributed by atoms with E-state index in [0.717, 1.165) is 54.0 Å². The molecule has 31 heavy (non-hydrogen) atoms. The highest BCUT2D eigenvalue weighted by atomic mass is 16.6. The van der Waals surface area contributed by atoms with Crippen LogP contribution in [0.15, 0.2) is 42.5 Å². The molecule has 2 N–H and O–H groups in total. The van der Waals surface area contributed by atoms with Crippen molar-refractivity contribution in [3.63, 3.8) is 0 Å². The average Bonchev–Trinajstić information content (AvgIpc) is 2.72. The summed E-state index contributed by atoms with van der Waals surface area (Å²) >= 11 is 0. The van der Waals surface area contributed by atoms with Gasteiger partial charge in [-0.2, -0.15) is 4.98 Å². The number of nitrogens with two attached hydrogens (primary N) is 1. The van der Waals surface area contributed by atoms with Crippen LogP contribution in [0.1, 0.15) is 31.1 Å². The van der Waals surface area contributed by atoms with Gasteiger partial charge in [0.25, 0.3) is 0 Å². The maximum atomic E-state index is 12.5. The van der Waals surface area contributed by atoms with Crippen LogP contribution in [0.5, 0.6) is 0 Å². The van der Waals surface area contributed by atoms with Crippen molar-refractivity contribution in [2.45, 2.75) is 26.4 Å². The third-order valence-corrected chi connectivity index (χ3v) is 5.33. The third kappa shape index (κ3) is 4.77. The van der Waals surface area contributed by atoms with Gasteiger partial charge in [-0.3, -0.25) is 0 Å². The molecule has 0 saturated carbocycles. The molecule has 0 unspecified atom stereocenters. The number of hydrogen-bond donors (Lipinski definition) is 1. The summed E-state index contributed by atoms with van der Waals surface area (Å²) in [6, 6.07) is 13.5. The summed E-state index contributed by atoms with van der Waals surface area (Å²) < 4.78 is 5.52. The summed E-state index contributed by atoms with van der Waals surface area (Å²) in [6.45, 7) is 9.32. The van der Waals surface area contributed by atoms with Crippen LogP contribution in [-0.2, 0) is 4.74 Å². The molecule has 2 heterocycles. The molecule has 162 valence electrons. The maximum Gasteiger partial charge on any atom is 0.338 e. The fourth-order valence-electron chi connectivity index (χ4n) is 3.73. The van der Waals surface area contributed by atoms with Gasteiger partial charge in [-0.1, -0.05) is 18.2 Å². The summed E-state index contributed by atoms with van der Waals surface area (Å²) in [5.74, 6) is 0.811. The van der Waals surface area contributed by atoms with Gasteiger partial charge >= 0.3 is 5.97 Å². The van der Waals surface area contributed by atoms with Crippen LogP contribution in [0.3, 0.4) is 0 Å². The maximum absolute atomic E-state index is 12.5. The summed E-state index contributed by atoms with van der Waals surface area (Å²) in [7, 11) is 2.12. The van der Waals surface area contributed by atoms with E-state index in [9.17, 15) is 4.79 Å². The number of hydrogen-bond acceptors (Lipinski definition) is 7. The number of rotatable bonds is 3. The van der Waals surface area contributed by atoms with Crippen LogP contribution in [0.2, 0.25) is 0 Å². The van der Waals surface area contributed by atoms with E-state index in [0.29, 0.717) is 5.56 Å². The molecule has 0 radical (unpaired) electrons. The zero-order chi connectivity index (χ0) is 22.2. The molecular formula is C24H29N5O2. The number of aromatic nitrogens is 2. The summed E-state index contributed by atoms with van der Waals surface area (Å²) in [5.41, 5.74) is 8.73. The Morgan fingerprint density at radius 1 is 1.00 bits per heavy atom. The second-order valence-corrected chi connectivity index (χ2v) is 9.01. The van der Waals surface area contributed by atoms with Gasteiger partial charge in [0.1, 0.15) is 11.4 Å². The number of benzene rings is 2. The van der Waals surface area contributed by atoms with Gasteiger partial charge in [0, 0.05) is 31.6 Å². The van der Waals surface area contributed by atoms with Gasteiger partial charge in [0.05, 0.1) is 11.1 Å². The second kappa shape index (κ2) is 8.15. The molecule has 0 amide bonds. The Balaban J connectivity index is 1.73. The van der Waals surface area contributed by atoms with E-state index in [4.69, 9.17) is 10.5 Å². The number of nitrogens with zero attached hydrogens (tertiary/aromatic N) is 4. The summed E-state index contributed by atoms with van der Waals surface area (Å²) in [4.78, 5) is 26.1. The highest BCUT2D eigenvalue weighted by Crippen LogP contribution is 2.31. The van der Waals surface area contributed by atoms with Gasteiger partial charge in [-0.25, -0.2) is 9.78 Å². The van der Waals surface area contributed by atoms with E-state index in [2.05, 4.69) is 32.9 Å². The number of piperazine rings is 1. The molecule has 3 aromatic rings. The van der Waals surface area contributed by atoms with Crippen LogP contribution in [-0.4, -0.2) is 59.7 Å². The molecule has 7 nitrogen and oxygen atoms in total. The third-order valence-electron chi connectivity index (χ3n) is 5.33. The molecule has 0 aliphatic carbocycles. The van der Waals surface area contributed by atoms with Crippen molar-refractivity contribution in [1.82, 2.24) is 14.9 Å². The largest absolute Gasteiger partial charge is 0.456 e. The molecule has 0 spiro atoms. The van der Waals surface area contributed by atoms with Crippen molar-refractivity contribution in [1.29, 1.82) is 0 Å². The molecule has 1 aromatic heterocycles. The topological polar surface area (TPSA) is 84.6 Å². The minimum atomic E-state index is -0.537. The number of anilines is 2.